The van der Waals surface area contributed by atoms with Crippen molar-refractivity contribution in [1.29, 1.82) is 0 Å². The van der Waals surface area contributed by atoms with Crippen LogP contribution in [0.5, 0.6) is 0 Å². The molecule has 2 N–H and O–H groups in total. The molecule has 3 nitrogen and oxygen atoms in total. The fourth-order valence-corrected chi connectivity index (χ4v) is 2.15. The molecule has 25 heavy (non-hydrogen) atoms. The van der Waals surface area contributed by atoms with E-state index in [0.29, 0.717) is 6.42 Å². The van der Waals surface area contributed by atoms with Gasteiger partial charge < -0.3 is 10.4 Å². The lowest BCUT2D eigenvalue weighted by molar-refractivity contribution is -0.137. The summed E-state index contributed by atoms with van der Waals surface area (Å²) in [5.41, 5.74) is 0. The summed E-state index contributed by atoms with van der Waals surface area (Å²) in [4.78, 5) is 10.3. The maximum atomic E-state index is 10.3. The van der Waals surface area contributed by atoms with Crippen molar-refractivity contribution in [2.75, 3.05) is 13.1 Å². The number of unbranched alkanes of at least 4 members (excludes halogenated alkanes) is 5. The molecular formula is C22H41NO2. The molecule has 0 aliphatic rings. The van der Waals surface area contributed by atoms with Gasteiger partial charge in [0.2, 0.25) is 0 Å². The van der Waals surface area contributed by atoms with Crippen LogP contribution >= 0.6 is 0 Å². The van der Waals surface area contributed by atoms with Crippen molar-refractivity contribution in [3.05, 3.63) is 36.5 Å². The summed E-state index contributed by atoms with van der Waals surface area (Å²) in [6, 6.07) is 0. The topological polar surface area (TPSA) is 49.3 Å². The van der Waals surface area contributed by atoms with Crippen LogP contribution in [0.1, 0.15) is 85.0 Å². The van der Waals surface area contributed by atoms with Gasteiger partial charge in [-0.25, -0.2) is 0 Å². The molecule has 0 spiro atoms. The number of aliphatic carboxylic acids is 1. The van der Waals surface area contributed by atoms with Crippen LogP contribution in [-0.2, 0) is 4.79 Å². The molecule has 0 aliphatic carbocycles. The molecule has 0 saturated heterocycles. The standard InChI is InChI=1S/C18H30O2.C4H11N/c1-2-3-4-5-6-7-8-9-10-11-12-13-14-15-16-17-18(19)20;1-3-5-4-2/h3-4,6-7,9-10H,2,5,8,11-17H2,1H3,(H,19,20);5H,3-4H2,1-2H3/b4-3-,7-6-,10-9-;. The largest absolute Gasteiger partial charge is 0.481 e. The molecule has 0 atom stereocenters. The molecular weight excluding hydrogens is 310 g/mol. The van der Waals surface area contributed by atoms with Gasteiger partial charge in [-0.05, 0) is 51.6 Å². The average molecular weight is 352 g/mol. The maximum Gasteiger partial charge on any atom is 0.303 e. The Morgan fingerprint density at radius 3 is 1.80 bits per heavy atom. The zero-order valence-corrected chi connectivity index (χ0v) is 16.8. The number of carbonyl (C=O) groups is 1. The predicted molar refractivity (Wildman–Crippen MR) is 111 cm³/mol. The van der Waals surface area contributed by atoms with Crippen LogP contribution in [0.25, 0.3) is 0 Å². The Bertz CT molecular complexity index is 344. The Hall–Kier alpha value is -1.35. The van der Waals surface area contributed by atoms with E-state index < -0.39 is 5.97 Å². The lowest BCUT2D eigenvalue weighted by Gasteiger charge is -1.98. The van der Waals surface area contributed by atoms with Crippen LogP contribution in [-0.4, -0.2) is 24.2 Å². The number of carboxylic acid groups (broad SMARTS) is 1. The van der Waals surface area contributed by atoms with E-state index in [1.54, 1.807) is 0 Å². The minimum Gasteiger partial charge on any atom is -0.481 e. The smallest absolute Gasteiger partial charge is 0.303 e. The summed E-state index contributed by atoms with van der Waals surface area (Å²) in [6.45, 7) is 8.54. The Morgan fingerprint density at radius 1 is 0.760 bits per heavy atom. The van der Waals surface area contributed by atoms with Crippen molar-refractivity contribution >= 4 is 5.97 Å². The number of hydrogen-bond acceptors (Lipinski definition) is 2. The van der Waals surface area contributed by atoms with Crippen molar-refractivity contribution < 1.29 is 9.90 Å². The second-order valence-electron chi connectivity index (χ2n) is 5.95. The highest BCUT2D eigenvalue weighted by Crippen LogP contribution is 2.07. The summed E-state index contributed by atoms with van der Waals surface area (Å²) < 4.78 is 0. The van der Waals surface area contributed by atoms with Crippen molar-refractivity contribution in [1.82, 2.24) is 5.32 Å². The monoisotopic (exact) mass is 351 g/mol. The van der Waals surface area contributed by atoms with Gasteiger partial charge in [-0.1, -0.05) is 76.5 Å². The lowest BCUT2D eigenvalue weighted by Crippen LogP contribution is -2.09. The highest BCUT2D eigenvalue weighted by atomic mass is 16.4. The van der Waals surface area contributed by atoms with Crippen LogP contribution < -0.4 is 5.32 Å². The molecule has 0 bridgehead atoms. The molecule has 0 aliphatic heterocycles. The molecule has 0 aromatic carbocycles. The minimum absolute atomic E-state index is 0.319. The highest BCUT2D eigenvalue weighted by Gasteiger charge is 1.95. The number of carboxylic acids is 1. The van der Waals surface area contributed by atoms with E-state index in [0.717, 1.165) is 58.0 Å². The Balaban J connectivity index is 0. The zero-order valence-electron chi connectivity index (χ0n) is 16.8. The van der Waals surface area contributed by atoms with Crippen molar-refractivity contribution in [3.8, 4) is 0 Å². The first-order valence-corrected chi connectivity index (χ1v) is 10.1. The van der Waals surface area contributed by atoms with Crippen LogP contribution in [0.15, 0.2) is 36.5 Å². The highest BCUT2D eigenvalue weighted by molar-refractivity contribution is 5.66. The molecule has 0 heterocycles. The molecule has 0 fully saturated rings. The fraction of sp³-hybridized carbons (Fsp3) is 0.682. The average Bonchev–Trinajstić information content (AvgIpc) is 2.59. The first kappa shape index (κ1) is 25.9. The third-order valence-electron chi connectivity index (χ3n) is 3.54. The van der Waals surface area contributed by atoms with Gasteiger partial charge in [0.1, 0.15) is 0 Å². The Morgan fingerprint density at radius 2 is 1.28 bits per heavy atom. The molecule has 0 saturated carbocycles. The predicted octanol–water partition coefficient (Wildman–Crippen LogP) is 6.28. The summed E-state index contributed by atoms with van der Waals surface area (Å²) in [5, 5.41) is 11.6. The number of allylic oxidation sites excluding steroid dienone is 6. The lowest BCUT2D eigenvalue weighted by atomic mass is 10.1. The van der Waals surface area contributed by atoms with Crippen LogP contribution in [0.3, 0.4) is 0 Å². The summed E-state index contributed by atoms with van der Waals surface area (Å²) in [6.07, 6.45) is 23.4. The van der Waals surface area contributed by atoms with E-state index in [-0.39, 0.29) is 0 Å². The number of rotatable bonds is 15. The Labute approximate surface area is 156 Å². The first-order chi connectivity index (χ1) is 12.2. The van der Waals surface area contributed by atoms with E-state index in [4.69, 9.17) is 5.11 Å². The quantitative estimate of drug-likeness (QED) is 0.270. The van der Waals surface area contributed by atoms with E-state index in [9.17, 15) is 4.79 Å². The van der Waals surface area contributed by atoms with Gasteiger partial charge in [0.05, 0.1) is 0 Å². The minimum atomic E-state index is -0.675. The van der Waals surface area contributed by atoms with Crippen molar-refractivity contribution in [2.24, 2.45) is 0 Å². The van der Waals surface area contributed by atoms with Crippen molar-refractivity contribution in [3.63, 3.8) is 0 Å². The van der Waals surface area contributed by atoms with E-state index >= 15 is 0 Å². The second kappa shape index (κ2) is 24.9. The van der Waals surface area contributed by atoms with Crippen LogP contribution in [0, 0.1) is 0 Å². The second-order valence-corrected chi connectivity index (χ2v) is 5.95. The van der Waals surface area contributed by atoms with Gasteiger partial charge in [0, 0.05) is 6.42 Å². The molecule has 0 unspecified atom stereocenters. The summed E-state index contributed by atoms with van der Waals surface area (Å²) in [5.74, 6) is -0.675. The third kappa shape index (κ3) is 31.0. The molecule has 0 amide bonds. The molecule has 146 valence electrons. The SMILES string of the molecule is CC/C=C\C/C=C\C/C=C\CCCCCCCC(=O)O.CCNCC. The Kier molecular flexibility index (Phi) is 25.8. The molecule has 0 radical (unpaired) electrons. The first-order valence-electron chi connectivity index (χ1n) is 10.1. The van der Waals surface area contributed by atoms with Crippen molar-refractivity contribution in [2.45, 2.75) is 85.0 Å². The van der Waals surface area contributed by atoms with Gasteiger partial charge in [0.15, 0.2) is 0 Å². The summed E-state index contributed by atoms with van der Waals surface area (Å²) in [7, 11) is 0. The van der Waals surface area contributed by atoms with E-state index in [1.165, 1.54) is 12.8 Å². The van der Waals surface area contributed by atoms with Crippen LogP contribution in [0.4, 0.5) is 0 Å². The van der Waals surface area contributed by atoms with Gasteiger partial charge in [-0.3, -0.25) is 4.79 Å². The zero-order chi connectivity index (χ0) is 19.0. The van der Waals surface area contributed by atoms with Gasteiger partial charge in [0.25, 0.3) is 0 Å². The van der Waals surface area contributed by atoms with Gasteiger partial charge in [-0.15, -0.1) is 0 Å². The molecule has 3 heteroatoms. The normalized spacial score (nSPS) is 11.3. The summed E-state index contributed by atoms with van der Waals surface area (Å²) >= 11 is 0. The number of hydrogen-bond donors (Lipinski definition) is 2. The maximum absolute atomic E-state index is 10.3. The molecule has 0 aromatic heterocycles. The van der Waals surface area contributed by atoms with Crippen LogP contribution in [0.2, 0.25) is 0 Å². The number of nitrogens with one attached hydrogen (secondary N) is 1. The third-order valence-corrected chi connectivity index (χ3v) is 3.54. The van der Waals surface area contributed by atoms with E-state index in [1.807, 2.05) is 0 Å². The van der Waals surface area contributed by atoms with E-state index in [2.05, 4.69) is 62.5 Å². The molecule has 0 aromatic rings. The van der Waals surface area contributed by atoms with Gasteiger partial charge >= 0.3 is 5.97 Å². The molecule has 0 rings (SSSR count). The fourth-order valence-electron chi connectivity index (χ4n) is 2.15. The van der Waals surface area contributed by atoms with Gasteiger partial charge in [-0.2, -0.15) is 0 Å².